The van der Waals surface area contributed by atoms with E-state index in [0.717, 1.165) is 0 Å². The van der Waals surface area contributed by atoms with Gasteiger partial charge in [0, 0.05) is 29.8 Å². The minimum atomic E-state index is -4.51. The summed E-state index contributed by atoms with van der Waals surface area (Å²) in [5.41, 5.74) is 2.42. The first kappa shape index (κ1) is 27.3. The van der Waals surface area contributed by atoms with E-state index in [2.05, 4.69) is 21.1 Å². The Morgan fingerprint density at radius 3 is 2.41 bits per heavy atom. The number of halogens is 7. The molecule has 0 bridgehead atoms. The highest BCUT2D eigenvalue weighted by molar-refractivity contribution is 6.20. The molecule has 2 saturated carbocycles. The number of hydrogen-bond acceptors (Lipinski definition) is 4. The lowest BCUT2D eigenvalue weighted by molar-refractivity contribution is -0.163. The van der Waals surface area contributed by atoms with Crippen LogP contribution >= 0.6 is 11.6 Å². The molecule has 3 N–H and O–H groups in total. The molecule has 34 heavy (non-hydrogen) atoms. The monoisotopic (exact) mass is 519 g/mol. The Morgan fingerprint density at radius 1 is 1.12 bits per heavy atom. The quantitative estimate of drug-likeness (QED) is 0.229. The first-order valence-corrected chi connectivity index (χ1v) is 12.1. The lowest BCUT2D eigenvalue weighted by Crippen LogP contribution is -2.52. The van der Waals surface area contributed by atoms with Crippen molar-refractivity contribution in [1.29, 1.82) is 0 Å². The molecule has 9 unspecified atom stereocenters. The molecule has 13 heteroatoms. The maximum absolute atomic E-state index is 14.1. The molecular formula is C21H32ClF6N5O. The van der Waals surface area contributed by atoms with Gasteiger partial charge in [-0.15, -0.1) is 11.6 Å². The van der Waals surface area contributed by atoms with Crippen LogP contribution in [-0.4, -0.2) is 71.7 Å². The van der Waals surface area contributed by atoms with Crippen molar-refractivity contribution in [3.8, 4) is 0 Å². The van der Waals surface area contributed by atoms with E-state index in [1.165, 1.54) is 11.9 Å². The van der Waals surface area contributed by atoms with Crippen molar-refractivity contribution < 1.29 is 31.1 Å². The molecule has 9 atom stereocenters. The van der Waals surface area contributed by atoms with Crippen molar-refractivity contribution in [2.45, 2.75) is 101 Å². The number of amides is 1. The summed E-state index contributed by atoms with van der Waals surface area (Å²) in [4.78, 5) is 17.2. The second-order valence-electron chi connectivity index (χ2n) is 9.46. The van der Waals surface area contributed by atoms with Gasteiger partial charge in [0.05, 0.1) is 0 Å². The van der Waals surface area contributed by atoms with Crippen molar-refractivity contribution in [2.24, 2.45) is 16.8 Å². The average molecular weight is 520 g/mol. The average Bonchev–Trinajstić information content (AvgIpc) is 3.05. The Kier molecular flexibility index (Phi) is 9.00. The topological polar surface area (TPSA) is 68.8 Å². The number of aliphatic imine (C=N–C) groups is 1. The molecule has 1 saturated heterocycles. The van der Waals surface area contributed by atoms with E-state index in [9.17, 15) is 31.1 Å². The highest BCUT2D eigenvalue weighted by Gasteiger charge is 2.52. The van der Waals surface area contributed by atoms with E-state index >= 15 is 0 Å². The van der Waals surface area contributed by atoms with Crippen molar-refractivity contribution in [3.05, 3.63) is 0 Å². The van der Waals surface area contributed by atoms with E-state index in [0.29, 0.717) is 6.42 Å². The van der Waals surface area contributed by atoms with Crippen LogP contribution in [0.4, 0.5) is 26.3 Å². The van der Waals surface area contributed by atoms with Gasteiger partial charge in [0.15, 0.2) is 5.96 Å². The molecule has 1 amide bonds. The third-order valence-electron chi connectivity index (χ3n) is 6.81. The van der Waals surface area contributed by atoms with E-state index < -0.39 is 66.1 Å². The highest BCUT2D eigenvalue weighted by atomic mass is 35.5. The summed E-state index contributed by atoms with van der Waals surface area (Å²) in [5.74, 6) is -2.53. The third kappa shape index (κ3) is 6.69. The van der Waals surface area contributed by atoms with Gasteiger partial charge in [0.25, 0.3) is 0 Å². The van der Waals surface area contributed by atoms with E-state index in [4.69, 9.17) is 11.6 Å². The molecule has 6 nitrogen and oxygen atoms in total. The molecule has 3 fully saturated rings. The van der Waals surface area contributed by atoms with Crippen molar-refractivity contribution >= 4 is 23.5 Å². The van der Waals surface area contributed by atoms with E-state index in [1.54, 1.807) is 6.92 Å². The number of guanidine groups is 1. The van der Waals surface area contributed by atoms with Crippen LogP contribution in [0.3, 0.4) is 0 Å². The molecule has 3 rings (SSSR count). The fourth-order valence-electron chi connectivity index (χ4n) is 4.93. The molecule has 0 aromatic heterocycles. The number of hydrogen-bond donors (Lipinski definition) is 3. The van der Waals surface area contributed by atoms with Crippen LogP contribution in [0.1, 0.15) is 52.4 Å². The Bertz CT molecular complexity index is 733. The molecule has 1 aliphatic heterocycles. The molecule has 196 valence electrons. The summed E-state index contributed by atoms with van der Waals surface area (Å²) >= 11 is 6.13. The standard InChI is InChI=1S/C21H32ClF6N5O/c1-3-33-18(10(2)17(32-33)21(26,27)28)30-20(29-14-8-12(22)7-13(23)9-14)31-19(34)11-4-5-15(24)16(25)6-11/h10-18,32H,3-9H2,1-2H3,(H2,29,30,31,34). The minimum Gasteiger partial charge on any atom is -0.353 e. The lowest BCUT2D eigenvalue weighted by atomic mass is 9.86. The van der Waals surface area contributed by atoms with Crippen LogP contribution in [0, 0.1) is 11.8 Å². The van der Waals surface area contributed by atoms with Crippen LogP contribution < -0.4 is 16.1 Å². The van der Waals surface area contributed by atoms with Gasteiger partial charge in [0.2, 0.25) is 5.91 Å². The molecule has 2 aliphatic carbocycles. The summed E-state index contributed by atoms with van der Waals surface area (Å²) in [5, 5.41) is 6.38. The normalized spacial score (nSPS) is 40.3. The van der Waals surface area contributed by atoms with E-state index in [1.807, 2.05) is 0 Å². The molecular weight excluding hydrogens is 488 g/mol. The maximum atomic E-state index is 14.1. The van der Waals surface area contributed by atoms with Crippen LogP contribution in [0.2, 0.25) is 0 Å². The zero-order valence-electron chi connectivity index (χ0n) is 19.1. The van der Waals surface area contributed by atoms with Gasteiger partial charge in [-0.3, -0.25) is 10.1 Å². The number of nitrogens with one attached hydrogen (secondary N) is 3. The van der Waals surface area contributed by atoms with Gasteiger partial charge in [-0.05, 0) is 38.5 Å². The molecule has 0 radical (unpaired) electrons. The number of hydrazine groups is 1. The lowest BCUT2D eigenvalue weighted by Gasteiger charge is -2.32. The maximum Gasteiger partial charge on any atom is 0.405 e. The fourth-order valence-corrected chi connectivity index (χ4v) is 5.34. The SMILES string of the molecule is CCN1NC(C(F)(F)F)C(C)C1/N=C(/NC(=O)C1CCC(F)C(F)C1)NC1CC(F)CC(Cl)C1. The number of rotatable bonds is 4. The summed E-state index contributed by atoms with van der Waals surface area (Å²) in [6, 6.07) is -2.33. The van der Waals surface area contributed by atoms with Gasteiger partial charge < -0.3 is 5.32 Å². The van der Waals surface area contributed by atoms with Crippen molar-refractivity contribution in [2.75, 3.05) is 6.54 Å². The predicted octanol–water partition coefficient (Wildman–Crippen LogP) is 3.76. The van der Waals surface area contributed by atoms with Crippen LogP contribution in [0.5, 0.6) is 0 Å². The minimum absolute atomic E-state index is 0.0960. The second kappa shape index (κ2) is 11.2. The summed E-state index contributed by atoms with van der Waals surface area (Å²) in [6.07, 6.45) is -9.65. The van der Waals surface area contributed by atoms with Gasteiger partial charge >= 0.3 is 6.18 Å². The molecule has 0 aromatic rings. The van der Waals surface area contributed by atoms with E-state index in [-0.39, 0.29) is 44.6 Å². The fraction of sp³-hybridized carbons (Fsp3) is 0.905. The second-order valence-corrected chi connectivity index (χ2v) is 10.1. The Labute approximate surface area is 200 Å². The van der Waals surface area contributed by atoms with Gasteiger partial charge in [0.1, 0.15) is 30.7 Å². The van der Waals surface area contributed by atoms with Gasteiger partial charge in [-0.1, -0.05) is 13.8 Å². The zero-order chi connectivity index (χ0) is 25.2. The summed E-state index contributed by atoms with van der Waals surface area (Å²) in [7, 11) is 0. The Hall–Kier alpha value is -1.27. The first-order chi connectivity index (χ1) is 15.9. The smallest absolute Gasteiger partial charge is 0.353 e. The highest BCUT2D eigenvalue weighted by Crippen LogP contribution is 2.34. The number of alkyl halides is 7. The van der Waals surface area contributed by atoms with Gasteiger partial charge in [-0.2, -0.15) is 13.2 Å². The van der Waals surface area contributed by atoms with Crippen molar-refractivity contribution in [1.82, 2.24) is 21.1 Å². The van der Waals surface area contributed by atoms with Crippen LogP contribution in [-0.2, 0) is 4.79 Å². The van der Waals surface area contributed by atoms with Crippen LogP contribution in [0.15, 0.2) is 4.99 Å². The Balaban J connectivity index is 1.81. The molecule has 3 aliphatic rings. The molecule has 0 aromatic carbocycles. The first-order valence-electron chi connectivity index (χ1n) is 11.7. The predicted molar refractivity (Wildman–Crippen MR) is 116 cm³/mol. The number of carbonyl (C=O) groups is 1. The molecule has 1 heterocycles. The number of carbonyl (C=O) groups excluding carboxylic acids is 1. The largest absolute Gasteiger partial charge is 0.405 e. The molecule has 0 spiro atoms. The summed E-state index contributed by atoms with van der Waals surface area (Å²) < 4.78 is 81.8. The summed E-state index contributed by atoms with van der Waals surface area (Å²) in [6.45, 7) is 3.27. The third-order valence-corrected chi connectivity index (χ3v) is 7.17. The van der Waals surface area contributed by atoms with Crippen LogP contribution in [0.25, 0.3) is 0 Å². The Morgan fingerprint density at radius 2 is 1.82 bits per heavy atom. The zero-order valence-corrected chi connectivity index (χ0v) is 19.9. The van der Waals surface area contributed by atoms with Gasteiger partial charge in [-0.25, -0.2) is 28.6 Å². The number of nitrogens with zero attached hydrogens (tertiary/aromatic N) is 2. The van der Waals surface area contributed by atoms with Crippen molar-refractivity contribution in [3.63, 3.8) is 0 Å².